The molecule has 3 rings (SSSR count). The van der Waals surface area contributed by atoms with E-state index < -0.39 is 23.9 Å². The molecule has 0 unspecified atom stereocenters. The Morgan fingerprint density at radius 3 is 2.19 bits per heavy atom. The molecule has 3 aromatic rings. The monoisotopic (exact) mass is 504 g/mol. The largest absolute Gasteiger partial charge is 0.445 e. The van der Waals surface area contributed by atoms with Crippen molar-refractivity contribution in [2.45, 2.75) is 32.9 Å². The van der Waals surface area contributed by atoms with E-state index in [9.17, 15) is 19.2 Å². The minimum atomic E-state index is -0.776. The fraction of sp³-hybridized carbons (Fsp3) is 0.286. The fourth-order valence-corrected chi connectivity index (χ4v) is 3.61. The summed E-state index contributed by atoms with van der Waals surface area (Å²) in [5, 5.41) is 12.4. The molecular weight excluding hydrogens is 472 g/mol. The zero-order valence-electron chi connectivity index (χ0n) is 21.0. The summed E-state index contributed by atoms with van der Waals surface area (Å²) in [6.07, 6.45) is -0.320. The first kappa shape index (κ1) is 27.2. The highest BCUT2D eigenvalue weighted by molar-refractivity contribution is 5.99. The molecule has 3 aromatic carbocycles. The van der Waals surface area contributed by atoms with E-state index >= 15 is 0 Å². The smallest absolute Gasteiger partial charge is 0.407 e. The minimum absolute atomic E-state index is 0.0786. The predicted molar refractivity (Wildman–Crippen MR) is 142 cm³/mol. The van der Waals surface area contributed by atoms with Crippen LogP contribution >= 0.6 is 0 Å². The van der Waals surface area contributed by atoms with Gasteiger partial charge in [-0.1, -0.05) is 74.5 Å². The molecule has 0 heterocycles. The lowest BCUT2D eigenvalue weighted by Crippen LogP contribution is -2.49. The number of hydrogen-bond acceptors (Lipinski definition) is 5. The molecule has 1 atom stereocenters. The minimum Gasteiger partial charge on any atom is -0.445 e. The molecule has 4 N–H and O–H groups in total. The normalized spacial score (nSPS) is 11.4. The Hall–Kier alpha value is -4.40. The van der Waals surface area contributed by atoms with Crippen molar-refractivity contribution in [1.29, 1.82) is 0 Å². The van der Waals surface area contributed by atoms with Gasteiger partial charge in [-0.3, -0.25) is 14.4 Å². The number of nitrogens with one attached hydrogen (secondary N) is 4. The van der Waals surface area contributed by atoms with Crippen molar-refractivity contribution in [2.75, 3.05) is 18.4 Å². The van der Waals surface area contributed by atoms with Crippen molar-refractivity contribution in [3.8, 4) is 0 Å². The van der Waals surface area contributed by atoms with Crippen LogP contribution in [-0.2, 0) is 25.7 Å². The number of ether oxygens (including phenoxy) is 1. The van der Waals surface area contributed by atoms with E-state index in [0.717, 1.165) is 16.3 Å². The van der Waals surface area contributed by atoms with Gasteiger partial charge < -0.3 is 26.0 Å². The first-order valence-corrected chi connectivity index (χ1v) is 12.1. The number of amides is 4. The molecule has 0 aliphatic heterocycles. The Balaban J connectivity index is 1.43. The van der Waals surface area contributed by atoms with Gasteiger partial charge in [0.1, 0.15) is 19.2 Å². The lowest BCUT2D eigenvalue weighted by molar-refractivity contribution is -0.128. The quantitative estimate of drug-likeness (QED) is 0.319. The van der Waals surface area contributed by atoms with Crippen LogP contribution in [0, 0.1) is 5.92 Å². The Kier molecular flexibility index (Phi) is 10.0. The number of benzene rings is 3. The number of rotatable bonds is 11. The zero-order valence-corrected chi connectivity index (χ0v) is 21.0. The number of fused-ring (bicyclic) bond motifs is 1. The molecule has 0 aliphatic rings. The van der Waals surface area contributed by atoms with Crippen LogP contribution < -0.4 is 21.3 Å². The molecule has 0 bridgehead atoms. The van der Waals surface area contributed by atoms with E-state index in [-0.39, 0.29) is 31.5 Å². The van der Waals surface area contributed by atoms with Gasteiger partial charge in [-0.15, -0.1) is 0 Å². The van der Waals surface area contributed by atoms with E-state index in [0.29, 0.717) is 12.1 Å². The maximum Gasteiger partial charge on any atom is 0.407 e. The van der Waals surface area contributed by atoms with Gasteiger partial charge in [0.2, 0.25) is 17.7 Å². The molecular formula is C28H32N4O5. The second kappa shape index (κ2) is 13.6. The lowest BCUT2D eigenvalue weighted by Gasteiger charge is -2.20. The molecule has 4 amide bonds. The lowest BCUT2D eigenvalue weighted by atomic mass is 10.0. The van der Waals surface area contributed by atoms with Crippen LogP contribution in [0.5, 0.6) is 0 Å². The summed E-state index contributed by atoms with van der Waals surface area (Å²) >= 11 is 0. The van der Waals surface area contributed by atoms with Gasteiger partial charge in [0.05, 0.1) is 6.54 Å². The predicted octanol–water partition coefficient (Wildman–Crippen LogP) is 3.35. The Morgan fingerprint density at radius 2 is 1.46 bits per heavy atom. The summed E-state index contributed by atoms with van der Waals surface area (Å²) in [6, 6.07) is 21.8. The van der Waals surface area contributed by atoms with E-state index in [1.807, 2.05) is 86.6 Å². The summed E-state index contributed by atoms with van der Waals surface area (Å²) in [4.78, 5) is 49.2. The third kappa shape index (κ3) is 9.29. The first-order chi connectivity index (χ1) is 17.8. The molecule has 0 fully saturated rings. The van der Waals surface area contributed by atoms with Crippen LogP contribution in [0.15, 0.2) is 72.8 Å². The fourth-order valence-electron chi connectivity index (χ4n) is 3.61. The van der Waals surface area contributed by atoms with Crippen LogP contribution in [0.1, 0.15) is 25.8 Å². The van der Waals surface area contributed by atoms with E-state index in [4.69, 9.17) is 4.74 Å². The third-order valence-electron chi connectivity index (χ3n) is 5.43. The highest BCUT2D eigenvalue weighted by Gasteiger charge is 2.22. The summed E-state index contributed by atoms with van der Waals surface area (Å²) in [6.45, 7) is 3.30. The molecule has 0 spiro atoms. The maximum absolute atomic E-state index is 12.9. The van der Waals surface area contributed by atoms with Crippen LogP contribution in [0.25, 0.3) is 10.8 Å². The van der Waals surface area contributed by atoms with Crippen LogP contribution in [0.2, 0.25) is 0 Å². The summed E-state index contributed by atoms with van der Waals surface area (Å²) in [5.74, 6) is -1.27. The highest BCUT2D eigenvalue weighted by Crippen LogP contribution is 2.19. The van der Waals surface area contributed by atoms with Gasteiger partial charge in [0.15, 0.2) is 0 Å². The average molecular weight is 505 g/mol. The molecule has 0 aromatic heterocycles. The average Bonchev–Trinajstić information content (AvgIpc) is 2.89. The van der Waals surface area contributed by atoms with E-state index in [2.05, 4.69) is 21.3 Å². The second-order valence-electron chi connectivity index (χ2n) is 8.99. The summed E-state index contributed by atoms with van der Waals surface area (Å²) < 4.78 is 5.04. The van der Waals surface area contributed by atoms with Crippen molar-refractivity contribution in [3.05, 3.63) is 78.4 Å². The van der Waals surface area contributed by atoms with Crippen molar-refractivity contribution in [1.82, 2.24) is 16.0 Å². The Labute approximate surface area is 216 Å². The molecule has 9 nitrogen and oxygen atoms in total. The van der Waals surface area contributed by atoms with Gasteiger partial charge in [-0.2, -0.15) is 0 Å². The number of hydrogen-bond donors (Lipinski definition) is 4. The Morgan fingerprint density at radius 1 is 0.784 bits per heavy atom. The molecule has 0 saturated heterocycles. The number of carbonyl (C=O) groups excluding carboxylic acids is 4. The molecule has 0 aliphatic carbocycles. The molecule has 0 saturated carbocycles. The first-order valence-electron chi connectivity index (χ1n) is 12.1. The van der Waals surface area contributed by atoms with Gasteiger partial charge in [0.25, 0.3) is 0 Å². The summed E-state index contributed by atoms with van der Waals surface area (Å²) in [7, 11) is 0. The highest BCUT2D eigenvalue weighted by atomic mass is 16.5. The van der Waals surface area contributed by atoms with Crippen molar-refractivity contribution < 1.29 is 23.9 Å². The van der Waals surface area contributed by atoms with Crippen LogP contribution in [0.3, 0.4) is 0 Å². The number of alkyl carbamates (subject to hydrolysis) is 1. The SMILES string of the molecule is CC(C)C[C@H](NC(=O)CNC(=O)CNC(=O)OCc1ccccc1)C(=O)Nc1ccc2ccccc2c1. The van der Waals surface area contributed by atoms with E-state index in [1.54, 1.807) is 0 Å². The maximum atomic E-state index is 12.9. The summed E-state index contributed by atoms with van der Waals surface area (Å²) in [5.41, 5.74) is 1.45. The topological polar surface area (TPSA) is 126 Å². The number of anilines is 1. The second-order valence-corrected chi connectivity index (χ2v) is 8.99. The standard InChI is InChI=1S/C28H32N4O5/c1-19(2)14-24(27(35)31-23-13-12-21-10-6-7-11-22(21)15-23)32-26(34)17-29-25(33)16-30-28(36)37-18-20-8-4-3-5-9-20/h3-13,15,19,24H,14,16-18H2,1-2H3,(H,29,33)(H,30,36)(H,31,35)(H,32,34)/t24-/m0/s1. The van der Waals surface area contributed by atoms with Crippen LogP contribution in [-0.4, -0.2) is 42.9 Å². The van der Waals surface area contributed by atoms with Crippen LogP contribution in [0.4, 0.5) is 10.5 Å². The zero-order chi connectivity index (χ0) is 26.6. The molecule has 9 heteroatoms. The molecule has 0 radical (unpaired) electrons. The van der Waals surface area contributed by atoms with Gasteiger partial charge in [-0.25, -0.2) is 4.79 Å². The van der Waals surface area contributed by atoms with Crippen molar-refractivity contribution >= 4 is 40.3 Å². The molecule has 37 heavy (non-hydrogen) atoms. The van der Waals surface area contributed by atoms with Gasteiger partial charge in [-0.05, 0) is 40.8 Å². The van der Waals surface area contributed by atoms with Crippen molar-refractivity contribution in [2.24, 2.45) is 5.92 Å². The Bertz CT molecular complexity index is 1230. The molecule has 194 valence electrons. The van der Waals surface area contributed by atoms with Gasteiger partial charge in [0, 0.05) is 5.69 Å². The number of carbonyl (C=O) groups is 4. The van der Waals surface area contributed by atoms with E-state index in [1.165, 1.54) is 0 Å². The third-order valence-corrected chi connectivity index (χ3v) is 5.43. The van der Waals surface area contributed by atoms with Crippen molar-refractivity contribution in [3.63, 3.8) is 0 Å². The van der Waals surface area contributed by atoms with Gasteiger partial charge >= 0.3 is 6.09 Å².